The van der Waals surface area contributed by atoms with Crippen LogP contribution in [0.3, 0.4) is 0 Å². The number of nitrogens with two attached hydrogens (primary N) is 1. The van der Waals surface area contributed by atoms with Crippen LogP contribution >= 0.6 is 0 Å². The van der Waals surface area contributed by atoms with Crippen molar-refractivity contribution in [2.24, 2.45) is 5.73 Å². The van der Waals surface area contributed by atoms with Gasteiger partial charge in [-0.25, -0.2) is 0 Å². The Morgan fingerprint density at radius 2 is 2.00 bits per heavy atom. The summed E-state index contributed by atoms with van der Waals surface area (Å²) >= 11 is 0. The molecule has 20 heavy (non-hydrogen) atoms. The molecule has 3 nitrogen and oxygen atoms in total. The van der Waals surface area contributed by atoms with Gasteiger partial charge in [0.25, 0.3) is 0 Å². The lowest BCUT2D eigenvalue weighted by Crippen LogP contribution is -2.43. The predicted molar refractivity (Wildman–Crippen MR) is 82.1 cm³/mol. The fraction of sp³-hybridized carbons (Fsp3) is 0.647. The fourth-order valence-electron chi connectivity index (χ4n) is 2.78. The van der Waals surface area contributed by atoms with Gasteiger partial charge in [-0.2, -0.15) is 0 Å². The lowest BCUT2D eigenvalue weighted by Gasteiger charge is -2.25. The number of hydrogen-bond donors (Lipinski definition) is 2. The number of hydrogen-bond acceptors (Lipinski definition) is 3. The molecule has 1 aromatic rings. The highest BCUT2D eigenvalue weighted by molar-refractivity contribution is 5.37. The molecule has 1 atom stereocenters. The third-order valence-electron chi connectivity index (χ3n) is 4.43. The first kappa shape index (κ1) is 15.3. The average Bonchev–Trinajstić information content (AvgIpc) is 2.51. The second-order valence-electron chi connectivity index (χ2n) is 5.96. The number of aliphatic hydroxyl groups is 1. The number of benzene rings is 1. The molecule has 2 rings (SSSR count). The summed E-state index contributed by atoms with van der Waals surface area (Å²) in [7, 11) is 0. The number of aryl methyl sites for hydroxylation is 2. The van der Waals surface area contributed by atoms with Crippen LogP contribution in [0.5, 0.6) is 5.75 Å². The summed E-state index contributed by atoms with van der Waals surface area (Å²) in [5, 5.41) is 9.27. The van der Waals surface area contributed by atoms with Crippen LogP contribution in [0.2, 0.25) is 0 Å². The van der Waals surface area contributed by atoms with Crippen LogP contribution in [0.25, 0.3) is 0 Å². The Morgan fingerprint density at radius 3 is 2.70 bits per heavy atom. The Morgan fingerprint density at radius 1 is 1.25 bits per heavy atom. The molecule has 0 aliphatic heterocycles. The van der Waals surface area contributed by atoms with E-state index < -0.39 is 5.54 Å². The van der Waals surface area contributed by atoms with Crippen molar-refractivity contribution >= 4 is 0 Å². The van der Waals surface area contributed by atoms with Gasteiger partial charge in [0.05, 0.1) is 13.2 Å². The Labute approximate surface area is 122 Å². The molecule has 1 aromatic carbocycles. The summed E-state index contributed by atoms with van der Waals surface area (Å²) in [6, 6.07) is 6.47. The van der Waals surface area contributed by atoms with Crippen LogP contribution in [0.4, 0.5) is 0 Å². The monoisotopic (exact) mass is 277 g/mol. The lowest BCUT2D eigenvalue weighted by atomic mass is 9.92. The van der Waals surface area contributed by atoms with Gasteiger partial charge in [0.1, 0.15) is 5.75 Å². The molecule has 0 spiro atoms. The largest absolute Gasteiger partial charge is 0.494 e. The van der Waals surface area contributed by atoms with Crippen molar-refractivity contribution in [2.45, 2.75) is 57.4 Å². The van der Waals surface area contributed by atoms with E-state index in [0.717, 1.165) is 25.0 Å². The van der Waals surface area contributed by atoms with E-state index in [-0.39, 0.29) is 6.61 Å². The molecular weight excluding hydrogens is 250 g/mol. The zero-order chi connectivity index (χ0) is 14.4. The zero-order valence-electron chi connectivity index (χ0n) is 12.5. The maximum Gasteiger partial charge on any atom is 0.119 e. The van der Waals surface area contributed by atoms with E-state index in [4.69, 9.17) is 10.5 Å². The molecule has 0 heterocycles. The first-order chi connectivity index (χ1) is 9.67. The minimum absolute atomic E-state index is 0.0440. The van der Waals surface area contributed by atoms with E-state index in [1.807, 2.05) is 6.92 Å². The molecule has 0 saturated heterocycles. The number of rotatable bonds is 7. The molecule has 3 N–H and O–H groups in total. The van der Waals surface area contributed by atoms with Gasteiger partial charge in [0.15, 0.2) is 0 Å². The summed E-state index contributed by atoms with van der Waals surface area (Å²) in [6.07, 6.45) is 7.45. The van der Waals surface area contributed by atoms with Crippen molar-refractivity contribution in [2.75, 3.05) is 13.2 Å². The Balaban J connectivity index is 1.80. The summed E-state index contributed by atoms with van der Waals surface area (Å²) in [4.78, 5) is 0. The van der Waals surface area contributed by atoms with Crippen molar-refractivity contribution in [3.05, 3.63) is 29.3 Å². The first-order valence-electron chi connectivity index (χ1n) is 7.81. The highest BCUT2D eigenvalue weighted by Crippen LogP contribution is 2.25. The molecule has 0 radical (unpaired) electrons. The van der Waals surface area contributed by atoms with Crippen molar-refractivity contribution in [3.8, 4) is 5.75 Å². The van der Waals surface area contributed by atoms with Crippen molar-refractivity contribution in [1.29, 1.82) is 0 Å². The molecule has 0 aromatic heterocycles. The molecule has 0 fully saturated rings. The third kappa shape index (κ3) is 3.97. The minimum Gasteiger partial charge on any atom is -0.494 e. The molecule has 1 aliphatic carbocycles. The second kappa shape index (κ2) is 7.09. The smallest absolute Gasteiger partial charge is 0.119 e. The molecule has 1 aliphatic rings. The minimum atomic E-state index is -0.445. The molecular formula is C17H27NO2. The molecule has 1 unspecified atom stereocenters. The normalized spacial score (nSPS) is 17.4. The molecule has 0 saturated carbocycles. The van der Waals surface area contributed by atoms with Gasteiger partial charge >= 0.3 is 0 Å². The molecule has 3 heteroatoms. The van der Waals surface area contributed by atoms with E-state index in [0.29, 0.717) is 6.61 Å². The van der Waals surface area contributed by atoms with E-state index in [2.05, 4.69) is 18.2 Å². The maximum atomic E-state index is 9.27. The van der Waals surface area contributed by atoms with Crippen molar-refractivity contribution in [1.82, 2.24) is 0 Å². The Kier molecular flexibility index (Phi) is 5.44. The third-order valence-corrected chi connectivity index (χ3v) is 4.43. The first-order valence-corrected chi connectivity index (χ1v) is 7.81. The van der Waals surface area contributed by atoms with E-state index in [1.165, 1.54) is 36.8 Å². The molecule has 112 valence electrons. The van der Waals surface area contributed by atoms with Gasteiger partial charge < -0.3 is 15.6 Å². The van der Waals surface area contributed by atoms with Gasteiger partial charge in [-0.05, 0) is 68.2 Å². The van der Waals surface area contributed by atoms with Gasteiger partial charge in [-0.3, -0.25) is 0 Å². The number of fused-ring (bicyclic) bond motifs is 1. The summed E-state index contributed by atoms with van der Waals surface area (Å²) < 4.78 is 5.82. The highest BCUT2D eigenvalue weighted by atomic mass is 16.5. The highest BCUT2D eigenvalue weighted by Gasteiger charge is 2.20. The molecule has 0 bridgehead atoms. The number of aliphatic hydroxyl groups excluding tert-OH is 1. The van der Waals surface area contributed by atoms with Crippen LogP contribution in [0.15, 0.2) is 18.2 Å². The summed E-state index contributed by atoms with van der Waals surface area (Å²) in [6.45, 7) is 2.72. The predicted octanol–water partition coefficient (Wildman–Crippen LogP) is 2.82. The van der Waals surface area contributed by atoms with Gasteiger partial charge in [-0.1, -0.05) is 13.0 Å². The van der Waals surface area contributed by atoms with E-state index in [1.54, 1.807) is 0 Å². The van der Waals surface area contributed by atoms with Crippen LogP contribution in [0.1, 0.15) is 50.2 Å². The Hall–Kier alpha value is -1.06. The van der Waals surface area contributed by atoms with Crippen molar-refractivity contribution < 1.29 is 9.84 Å². The van der Waals surface area contributed by atoms with Crippen LogP contribution in [-0.4, -0.2) is 23.9 Å². The van der Waals surface area contributed by atoms with Gasteiger partial charge in [0.2, 0.25) is 0 Å². The topological polar surface area (TPSA) is 55.5 Å². The van der Waals surface area contributed by atoms with Gasteiger partial charge in [0, 0.05) is 5.54 Å². The molecule has 0 amide bonds. The SMILES string of the molecule is CCC(N)(CO)CCCOc1ccc2c(c1)CCCC2. The average molecular weight is 277 g/mol. The maximum absolute atomic E-state index is 9.27. The van der Waals surface area contributed by atoms with Crippen LogP contribution in [-0.2, 0) is 12.8 Å². The quantitative estimate of drug-likeness (QED) is 0.754. The number of ether oxygens (including phenoxy) is 1. The lowest BCUT2D eigenvalue weighted by molar-refractivity contribution is 0.171. The van der Waals surface area contributed by atoms with Crippen molar-refractivity contribution in [3.63, 3.8) is 0 Å². The van der Waals surface area contributed by atoms with Crippen LogP contribution in [0, 0.1) is 0 Å². The fourth-order valence-corrected chi connectivity index (χ4v) is 2.78. The summed E-state index contributed by atoms with van der Waals surface area (Å²) in [5.41, 5.74) is 8.55. The summed E-state index contributed by atoms with van der Waals surface area (Å²) in [5.74, 6) is 0.966. The Bertz CT molecular complexity index is 427. The van der Waals surface area contributed by atoms with Gasteiger partial charge in [-0.15, -0.1) is 0 Å². The zero-order valence-corrected chi connectivity index (χ0v) is 12.5. The second-order valence-corrected chi connectivity index (χ2v) is 5.96. The standard InChI is InChI=1S/C17H27NO2/c1-2-17(18,13-19)10-5-11-20-16-9-8-14-6-3-4-7-15(14)12-16/h8-9,12,19H,2-7,10-11,13,18H2,1H3. The van der Waals surface area contributed by atoms with E-state index in [9.17, 15) is 5.11 Å². The van der Waals surface area contributed by atoms with Crippen LogP contribution < -0.4 is 10.5 Å². The van der Waals surface area contributed by atoms with E-state index >= 15 is 0 Å².